The maximum absolute atomic E-state index is 12.3. The number of nitrogens with zero attached hydrogens (tertiary/aromatic N) is 1. The van der Waals surface area contributed by atoms with Crippen molar-refractivity contribution < 1.29 is 14.3 Å². The normalized spacial score (nSPS) is 10.8. The van der Waals surface area contributed by atoms with Crippen molar-refractivity contribution in [2.75, 3.05) is 5.32 Å². The molecule has 0 fully saturated rings. The summed E-state index contributed by atoms with van der Waals surface area (Å²) in [6, 6.07) is 20.4. The summed E-state index contributed by atoms with van der Waals surface area (Å²) in [5, 5.41) is 14.3. The van der Waals surface area contributed by atoms with Crippen LogP contribution in [0.2, 0.25) is 0 Å². The topological polar surface area (TPSA) is 75.4 Å². The number of benzene rings is 3. The largest absolute Gasteiger partial charge is 0.507 e. The summed E-state index contributed by atoms with van der Waals surface area (Å²) in [5.74, 6) is 1.28. The summed E-state index contributed by atoms with van der Waals surface area (Å²) in [7, 11) is 0. The highest BCUT2D eigenvalue weighted by Gasteiger charge is 2.11. The van der Waals surface area contributed by atoms with Crippen molar-refractivity contribution in [2.45, 2.75) is 12.8 Å². The molecule has 5 heteroatoms. The molecule has 3 aromatic carbocycles. The van der Waals surface area contributed by atoms with Crippen molar-refractivity contribution in [3.63, 3.8) is 0 Å². The fourth-order valence-electron chi connectivity index (χ4n) is 2.99. The number of carbonyl (C=O) groups is 1. The van der Waals surface area contributed by atoms with Gasteiger partial charge in [-0.15, -0.1) is 0 Å². The van der Waals surface area contributed by atoms with Crippen molar-refractivity contribution in [1.82, 2.24) is 4.98 Å². The zero-order chi connectivity index (χ0) is 18.6. The minimum Gasteiger partial charge on any atom is -0.507 e. The van der Waals surface area contributed by atoms with Gasteiger partial charge < -0.3 is 14.8 Å². The molecule has 0 atom stereocenters. The van der Waals surface area contributed by atoms with Crippen molar-refractivity contribution in [2.24, 2.45) is 0 Å². The molecule has 1 heterocycles. The molecule has 0 saturated heterocycles. The van der Waals surface area contributed by atoms with Gasteiger partial charge in [-0.05, 0) is 12.1 Å². The molecule has 1 aromatic heterocycles. The monoisotopic (exact) mass is 358 g/mol. The highest BCUT2D eigenvalue weighted by Crippen LogP contribution is 2.30. The predicted molar refractivity (Wildman–Crippen MR) is 105 cm³/mol. The highest BCUT2D eigenvalue weighted by molar-refractivity contribution is 6.04. The van der Waals surface area contributed by atoms with E-state index in [1.165, 1.54) is 0 Å². The van der Waals surface area contributed by atoms with E-state index in [0.717, 1.165) is 10.9 Å². The zero-order valence-corrected chi connectivity index (χ0v) is 14.6. The van der Waals surface area contributed by atoms with Crippen molar-refractivity contribution in [1.29, 1.82) is 0 Å². The molecule has 134 valence electrons. The molecule has 0 aliphatic carbocycles. The van der Waals surface area contributed by atoms with Crippen LogP contribution in [0.3, 0.4) is 0 Å². The molecule has 0 saturated carbocycles. The Morgan fingerprint density at radius 1 is 0.963 bits per heavy atom. The van der Waals surface area contributed by atoms with Crippen LogP contribution < -0.4 is 5.32 Å². The number of aromatic hydroxyl groups is 1. The van der Waals surface area contributed by atoms with Crippen molar-refractivity contribution >= 4 is 22.4 Å². The van der Waals surface area contributed by atoms with Gasteiger partial charge in [0.25, 0.3) is 0 Å². The molecule has 0 aliphatic heterocycles. The maximum Gasteiger partial charge on any atom is 0.224 e. The number of oxazole rings is 1. The molecular formula is C22H18N2O3. The third-order valence-electron chi connectivity index (χ3n) is 4.35. The van der Waals surface area contributed by atoms with Crippen LogP contribution in [0.5, 0.6) is 5.75 Å². The average molecular weight is 358 g/mol. The quantitative estimate of drug-likeness (QED) is 0.504. The van der Waals surface area contributed by atoms with Gasteiger partial charge in [-0.25, -0.2) is 4.98 Å². The van der Waals surface area contributed by atoms with E-state index in [1.807, 2.05) is 54.6 Å². The van der Waals surface area contributed by atoms with E-state index in [9.17, 15) is 9.90 Å². The number of amides is 1. The van der Waals surface area contributed by atoms with Gasteiger partial charge in [0.2, 0.25) is 5.91 Å². The van der Waals surface area contributed by atoms with Gasteiger partial charge >= 0.3 is 0 Å². The molecule has 2 N–H and O–H groups in total. The van der Waals surface area contributed by atoms with Crippen LogP contribution in [-0.4, -0.2) is 16.0 Å². The van der Waals surface area contributed by atoms with Gasteiger partial charge in [-0.2, -0.15) is 0 Å². The number of hydrogen-bond donors (Lipinski definition) is 2. The summed E-state index contributed by atoms with van der Waals surface area (Å²) in [6.45, 7) is 0. The number of phenolic OH excluding ortho intramolecular Hbond substituents is 1. The molecule has 27 heavy (non-hydrogen) atoms. The SMILES string of the molecule is O=C(CCc1ncc(-c2ccccc2)o1)Nc1ccc(O)c2ccccc12. The van der Waals surface area contributed by atoms with Crippen LogP contribution >= 0.6 is 0 Å². The minimum absolute atomic E-state index is 0.134. The Labute approximate surface area is 156 Å². The first kappa shape index (κ1) is 16.8. The lowest BCUT2D eigenvalue weighted by Crippen LogP contribution is -2.12. The predicted octanol–water partition coefficient (Wildman–Crippen LogP) is 4.77. The number of hydrogen-bond acceptors (Lipinski definition) is 4. The van der Waals surface area contributed by atoms with E-state index in [-0.39, 0.29) is 18.1 Å². The molecule has 0 bridgehead atoms. The van der Waals surface area contributed by atoms with E-state index < -0.39 is 0 Å². The third-order valence-corrected chi connectivity index (χ3v) is 4.35. The third kappa shape index (κ3) is 3.67. The molecule has 0 unspecified atom stereocenters. The first-order chi connectivity index (χ1) is 13.2. The Morgan fingerprint density at radius 2 is 1.70 bits per heavy atom. The zero-order valence-electron chi connectivity index (χ0n) is 14.6. The molecule has 4 rings (SSSR count). The van der Waals surface area contributed by atoms with Gasteiger partial charge in [0.15, 0.2) is 11.7 Å². The summed E-state index contributed by atoms with van der Waals surface area (Å²) in [5.41, 5.74) is 1.63. The smallest absolute Gasteiger partial charge is 0.224 e. The summed E-state index contributed by atoms with van der Waals surface area (Å²) >= 11 is 0. The van der Waals surface area contributed by atoms with Gasteiger partial charge in [-0.3, -0.25) is 4.79 Å². The van der Waals surface area contributed by atoms with E-state index in [0.29, 0.717) is 29.1 Å². The van der Waals surface area contributed by atoms with Crippen LogP contribution in [0, 0.1) is 0 Å². The Kier molecular flexibility index (Phi) is 4.58. The molecule has 0 radical (unpaired) electrons. The number of aryl methyl sites for hydroxylation is 1. The minimum atomic E-state index is -0.134. The Balaban J connectivity index is 1.42. The number of fused-ring (bicyclic) bond motifs is 1. The standard InChI is InChI=1S/C22H18N2O3/c25-19-11-10-18(16-8-4-5-9-17(16)19)24-21(26)12-13-22-23-14-20(27-22)15-6-2-1-3-7-15/h1-11,14,25H,12-13H2,(H,24,26). The van der Waals surface area contributed by atoms with Gasteiger partial charge in [0, 0.05) is 34.9 Å². The van der Waals surface area contributed by atoms with Crippen molar-refractivity contribution in [3.05, 3.63) is 78.8 Å². The Bertz CT molecular complexity index is 1090. The van der Waals surface area contributed by atoms with Gasteiger partial charge in [-0.1, -0.05) is 54.6 Å². The number of rotatable bonds is 5. The lowest BCUT2D eigenvalue weighted by molar-refractivity contribution is -0.116. The first-order valence-electron chi connectivity index (χ1n) is 8.71. The van der Waals surface area contributed by atoms with Gasteiger partial charge in [0.05, 0.1) is 6.20 Å². The van der Waals surface area contributed by atoms with Crippen LogP contribution in [0.15, 0.2) is 77.3 Å². The molecule has 0 spiro atoms. The average Bonchev–Trinajstić information content (AvgIpc) is 3.19. The molecule has 5 nitrogen and oxygen atoms in total. The second-order valence-electron chi connectivity index (χ2n) is 6.21. The lowest BCUT2D eigenvalue weighted by atomic mass is 10.1. The molecular weight excluding hydrogens is 340 g/mol. The maximum atomic E-state index is 12.3. The fraction of sp³-hybridized carbons (Fsp3) is 0.0909. The molecule has 4 aromatic rings. The fourth-order valence-corrected chi connectivity index (χ4v) is 2.99. The summed E-state index contributed by atoms with van der Waals surface area (Å²) in [4.78, 5) is 16.6. The van der Waals surface area contributed by atoms with Crippen molar-refractivity contribution in [3.8, 4) is 17.1 Å². The van der Waals surface area contributed by atoms with Gasteiger partial charge in [0.1, 0.15) is 5.75 Å². The molecule has 1 amide bonds. The first-order valence-corrected chi connectivity index (χ1v) is 8.71. The highest BCUT2D eigenvalue weighted by atomic mass is 16.4. The van der Waals surface area contributed by atoms with E-state index >= 15 is 0 Å². The Morgan fingerprint density at radius 3 is 2.52 bits per heavy atom. The second kappa shape index (κ2) is 7.33. The summed E-state index contributed by atoms with van der Waals surface area (Å²) < 4.78 is 5.73. The van der Waals surface area contributed by atoms with Crippen LogP contribution in [-0.2, 0) is 11.2 Å². The second-order valence-corrected chi connectivity index (χ2v) is 6.21. The van der Waals surface area contributed by atoms with Crippen LogP contribution in [0.1, 0.15) is 12.3 Å². The number of carbonyl (C=O) groups excluding carboxylic acids is 1. The van der Waals surface area contributed by atoms with E-state index in [4.69, 9.17) is 4.42 Å². The summed E-state index contributed by atoms with van der Waals surface area (Å²) in [6.07, 6.45) is 2.34. The number of phenols is 1. The van der Waals surface area contributed by atoms with E-state index in [1.54, 1.807) is 18.3 Å². The lowest BCUT2D eigenvalue weighted by Gasteiger charge is -2.09. The van der Waals surface area contributed by atoms with Crippen LogP contribution in [0.4, 0.5) is 5.69 Å². The van der Waals surface area contributed by atoms with Crippen LogP contribution in [0.25, 0.3) is 22.1 Å². The number of anilines is 1. The molecule has 0 aliphatic rings. The van der Waals surface area contributed by atoms with E-state index in [2.05, 4.69) is 10.3 Å². The number of aromatic nitrogens is 1. The Hall–Kier alpha value is -3.60. The number of nitrogens with one attached hydrogen (secondary N) is 1.